The number of hydrogen-bond donors (Lipinski definition) is 1. The molecule has 45 heavy (non-hydrogen) atoms. The van der Waals surface area contributed by atoms with Crippen molar-refractivity contribution in [1.29, 1.82) is 0 Å². The van der Waals surface area contributed by atoms with E-state index in [9.17, 15) is 5.11 Å². The average molecular weight is 615 g/mol. The smallest absolute Gasteiger partial charge is 0.203 e. The Labute approximate surface area is 265 Å². The summed E-state index contributed by atoms with van der Waals surface area (Å²) in [7, 11) is 4.58. The number of phenolic OH excluding ortho intramolecular Hbond substituents is 1. The van der Waals surface area contributed by atoms with E-state index in [2.05, 4.69) is 0 Å². The summed E-state index contributed by atoms with van der Waals surface area (Å²) < 4.78 is 43.4. The van der Waals surface area contributed by atoms with E-state index in [0.717, 1.165) is 16.7 Å². The van der Waals surface area contributed by atoms with E-state index in [0.29, 0.717) is 42.6 Å². The van der Waals surface area contributed by atoms with E-state index in [1.54, 1.807) is 0 Å². The minimum Gasteiger partial charge on any atom is -0.507 e. The first-order valence-corrected chi connectivity index (χ1v) is 15.1. The highest BCUT2D eigenvalue weighted by Gasteiger charge is 2.48. The number of aromatic hydroxyl groups is 1. The Balaban J connectivity index is 1.51. The average Bonchev–Trinajstić information content (AvgIpc) is 3.08. The van der Waals surface area contributed by atoms with Crippen molar-refractivity contribution in [2.75, 3.05) is 27.9 Å². The fourth-order valence-electron chi connectivity index (χ4n) is 5.83. The second-order valence-corrected chi connectivity index (χ2v) is 11.1. The number of rotatable bonds is 14. The molecule has 1 saturated heterocycles. The molecule has 0 bridgehead atoms. The van der Waals surface area contributed by atoms with E-state index in [-0.39, 0.29) is 18.3 Å². The van der Waals surface area contributed by atoms with Crippen molar-refractivity contribution in [3.05, 3.63) is 119 Å². The van der Waals surface area contributed by atoms with Crippen molar-refractivity contribution < 1.29 is 38.3 Å². The third-order valence-electron chi connectivity index (χ3n) is 8.10. The molecule has 4 aromatic carbocycles. The van der Waals surface area contributed by atoms with Crippen LogP contribution >= 0.6 is 0 Å². The molecule has 1 N–H and O–H groups in total. The molecule has 0 aliphatic carbocycles. The molecule has 1 heterocycles. The highest BCUT2D eigenvalue weighted by Crippen LogP contribution is 2.52. The maximum Gasteiger partial charge on any atom is 0.203 e. The van der Waals surface area contributed by atoms with Crippen molar-refractivity contribution in [2.24, 2.45) is 5.92 Å². The van der Waals surface area contributed by atoms with Crippen molar-refractivity contribution in [3.8, 4) is 23.0 Å². The van der Waals surface area contributed by atoms with Gasteiger partial charge in [0.05, 0.1) is 65.5 Å². The van der Waals surface area contributed by atoms with E-state index in [1.807, 2.05) is 97.9 Å². The maximum absolute atomic E-state index is 11.3. The predicted octanol–water partition coefficient (Wildman–Crippen LogP) is 6.88. The standard InChI is InChI=1S/C37H42O8/c1-25-33(32-29(38)20-30(39-2)35(40-3)37(32)41-4)45-31(24-42-21-26-14-8-5-9-15-26)36(44-23-28-18-12-7-13-19-28)34(25)43-22-27-16-10-6-11-17-27/h5-20,25,31,33-34,36,38H,21-24H2,1-4H3/t25-,31-,33?,34-,36-/m1/s1. The second kappa shape index (κ2) is 15.8. The lowest BCUT2D eigenvalue weighted by Crippen LogP contribution is -2.54. The summed E-state index contributed by atoms with van der Waals surface area (Å²) in [4.78, 5) is 0. The predicted molar refractivity (Wildman–Crippen MR) is 171 cm³/mol. The molecular formula is C37H42O8. The van der Waals surface area contributed by atoms with Crippen LogP contribution in [0.2, 0.25) is 0 Å². The molecule has 1 unspecified atom stereocenters. The van der Waals surface area contributed by atoms with Gasteiger partial charge in [0.15, 0.2) is 11.5 Å². The fourth-order valence-corrected chi connectivity index (χ4v) is 5.83. The topological polar surface area (TPSA) is 84.8 Å². The first-order chi connectivity index (χ1) is 22.0. The maximum atomic E-state index is 11.3. The fraction of sp³-hybridized carbons (Fsp3) is 0.351. The number of ether oxygens (including phenoxy) is 7. The number of hydrogen-bond acceptors (Lipinski definition) is 8. The minimum atomic E-state index is -0.651. The van der Waals surface area contributed by atoms with Gasteiger partial charge >= 0.3 is 0 Å². The molecule has 0 spiro atoms. The van der Waals surface area contributed by atoms with Crippen LogP contribution in [0.15, 0.2) is 97.1 Å². The van der Waals surface area contributed by atoms with Crippen LogP contribution in [0.1, 0.15) is 35.3 Å². The Morgan fingerprint density at radius 1 is 0.644 bits per heavy atom. The van der Waals surface area contributed by atoms with Crippen LogP contribution in [0.5, 0.6) is 23.0 Å². The van der Waals surface area contributed by atoms with Gasteiger partial charge in [-0.25, -0.2) is 0 Å². The first kappa shape index (κ1) is 32.3. The summed E-state index contributed by atoms with van der Waals surface area (Å²) in [5.41, 5.74) is 3.58. The summed E-state index contributed by atoms with van der Waals surface area (Å²) >= 11 is 0. The normalized spacial score (nSPS) is 21.3. The van der Waals surface area contributed by atoms with Gasteiger partial charge in [0.1, 0.15) is 18.0 Å². The molecule has 1 fully saturated rings. The highest BCUT2D eigenvalue weighted by molar-refractivity contribution is 5.62. The Hall–Kier alpha value is -4.08. The second-order valence-electron chi connectivity index (χ2n) is 11.1. The molecule has 0 saturated carbocycles. The van der Waals surface area contributed by atoms with Crippen LogP contribution in [-0.4, -0.2) is 51.4 Å². The Morgan fingerprint density at radius 3 is 1.67 bits per heavy atom. The van der Waals surface area contributed by atoms with Gasteiger partial charge in [-0.05, 0) is 16.7 Å². The van der Waals surface area contributed by atoms with E-state index >= 15 is 0 Å². The molecule has 238 valence electrons. The first-order valence-electron chi connectivity index (χ1n) is 15.1. The van der Waals surface area contributed by atoms with Crippen LogP contribution in [-0.2, 0) is 38.8 Å². The van der Waals surface area contributed by atoms with Crippen LogP contribution in [0.4, 0.5) is 0 Å². The number of methoxy groups -OCH3 is 3. The molecule has 5 rings (SSSR count). The van der Waals surface area contributed by atoms with Gasteiger partial charge in [-0.1, -0.05) is 97.9 Å². The Morgan fingerprint density at radius 2 is 1.16 bits per heavy atom. The number of phenols is 1. The molecule has 1 aliphatic rings. The SMILES string of the molecule is COc1cc(O)c(C2O[C@H](COCc3ccccc3)[C@@H](OCc3ccccc3)[C@H](OCc3ccccc3)[C@@H]2C)c(OC)c1OC. The zero-order valence-electron chi connectivity index (χ0n) is 26.3. The highest BCUT2D eigenvalue weighted by atomic mass is 16.6. The summed E-state index contributed by atoms with van der Waals surface area (Å²) in [5, 5.41) is 11.3. The largest absolute Gasteiger partial charge is 0.507 e. The van der Waals surface area contributed by atoms with Crippen molar-refractivity contribution in [1.82, 2.24) is 0 Å². The summed E-state index contributed by atoms with van der Waals surface area (Å²) in [5.74, 6) is 0.738. The van der Waals surface area contributed by atoms with E-state index in [1.165, 1.54) is 27.4 Å². The number of benzene rings is 4. The summed E-state index contributed by atoms with van der Waals surface area (Å²) in [6.45, 7) is 3.43. The van der Waals surface area contributed by atoms with Gasteiger partial charge in [-0.2, -0.15) is 0 Å². The molecule has 8 heteroatoms. The minimum absolute atomic E-state index is 0.0317. The molecule has 8 nitrogen and oxygen atoms in total. The quantitative estimate of drug-likeness (QED) is 0.165. The zero-order valence-corrected chi connectivity index (χ0v) is 26.3. The van der Waals surface area contributed by atoms with Crippen molar-refractivity contribution >= 4 is 0 Å². The molecule has 1 aliphatic heterocycles. The van der Waals surface area contributed by atoms with Gasteiger partial charge in [-0.3, -0.25) is 0 Å². The third-order valence-corrected chi connectivity index (χ3v) is 8.10. The molecule has 0 amide bonds. The van der Waals surface area contributed by atoms with E-state index < -0.39 is 24.4 Å². The lowest BCUT2D eigenvalue weighted by molar-refractivity contribution is -0.245. The van der Waals surface area contributed by atoms with E-state index in [4.69, 9.17) is 33.2 Å². The zero-order chi connectivity index (χ0) is 31.6. The van der Waals surface area contributed by atoms with Gasteiger partial charge in [0.2, 0.25) is 5.75 Å². The molecule has 0 radical (unpaired) electrons. The van der Waals surface area contributed by atoms with Crippen LogP contribution in [0.3, 0.4) is 0 Å². The van der Waals surface area contributed by atoms with Crippen LogP contribution in [0.25, 0.3) is 0 Å². The molecule has 4 aromatic rings. The molecule has 0 aromatic heterocycles. The van der Waals surface area contributed by atoms with Gasteiger partial charge < -0.3 is 38.3 Å². The Bertz CT molecular complexity index is 1460. The Kier molecular flexibility index (Phi) is 11.3. The summed E-state index contributed by atoms with van der Waals surface area (Å²) in [6, 6.07) is 31.6. The monoisotopic (exact) mass is 614 g/mol. The molecular weight excluding hydrogens is 572 g/mol. The van der Waals surface area contributed by atoms with Crippen molar-refractivity contribution in [3.63, 3.8) is 0 Å². The van der Waals surface area contributed by atoms with Crippen LogP contribution < -0.4 is 14.2 Å². The van der Waals surface area contributed by atoms with Crippen molar-refractivity contribution in [2.45, 2.75) is 51.2 Å². The molecule has 5 atom stereocenters. The van der Waals surface area contributed by atoms with Gasteiger partial charge in [0.25, 0.3) is 0 Å². The third kappa shape index (κ3) is 7.78. The lowest BCUT2D eigenvalue weighted by Gasteiger charge is -2.46. The lowest BCUT2D eigenvalue weighted by atomic mass is 9.83. The van der Waals surface area contributed by atoms with Gasteiger partial charge in [0, 0.05) is 12.0 Å². The summed E-state index contributed by atoms with van der Waals surface area (Å²) in [6.07, 6.45) is -2.11. The van der Waals surface area contributed by atoms with Gasteiger partial charge in [-0.15, -0.1) is 0 Å². The van der Waals surface area contributed by atoms with Crippen LogP contribution in [0, 0.1) is 5.92 Å².